The normalized spacial score (nSPS) is 14.9. The topological polar surface area (TPSA) is 52.3 Å². The van der Waals surface area contributed by atoms with Crippen molar-refractivity contribution in [3.05, 3.63) is 57.9 Å². The molecule has 2 aromatic rings. The van der Waals surface area contributed by atoms with E-state index in [0.717, 1.165) is 35.1 Å². The van der Waals surface area contributed by atoms with Crippen LogP contribution in [-0.2, 0) is 9.53 Å². The first-order valence-corrected chi connectivity index (χ1v) is 9.65. The lowest BCUT2D eigenvalue weighted by Crippen LogP contribution is -2.21. The van der Waals surface area contributed by atoms with Gasteiger partial charge in [-0.2, -0.15) is 0 Å². The number of hydrogen-bond donors (Lipinski definition) is 1. The molecule has 0 aliphatic heterocycles. The van der Waals surface area contributed by atoms with Gasteiger partial charge in [-0.15, -0.1) is 0 Å². The zero-order valence-electron chi connectivity index (χ0n) is 16.6. The summed E-state index contributed by atoms with van der Waals surface area (Å²) in [4.78, 5) is 12.0. The molecule has 0 heterocycles. The van der Waals surface area contributed by atoms with Crippen molar-refractivity contribution >= 4 is 5.97 Å². The second-order valence-electron chi connectivity index (χ2n) is 7.52. The van der Waals surface area contributed by atoms with E-state index in [1.807, 2.05) is 6.92 Å². The fraction of sp³-hybridized carbons (Fsp3) is 0.435. The number of hydrogen-bond acceptors (Lipinski definition) is 3. The molecule has 27 heavy (non-hydrogen) atoms. The van der Waals surface area contributed by atoms with E-state index in [-0.39, 0.29) is 18.2 Å². The lowest BCUT2D eigenvalue weighted by Gasteiger charge is -2.24. The summed E-state index contributed by atoms with van der Waals surface area (Å²) in [6.45, 7) is 7.87. The Kier molecular flexibility index (Phi) is 5.66. The Morgan fingerprint density at radius 2 is 1.81 bits per heavy atom. The van der Waals surface area contributed by atoms with Crippen LogP contribution in [-0.4, -0.2) is 12.6 Å². The third-order valence-electron chi connectivity index (χ3n) is 5.45. The number of aryl methyl sites for hydroxylation is 1. The zero-order valence-corrected chi connectivity index (χ0v) is 16.6. The first kappa shape index (κ1) is 19.6. The second-order valence-corrected chi connectivity index (χ2v) is 7.52. The van der Waals surface area contributed by atoms with Crippen LogP contribution in [0, 0.1) is 26.6 Å². The van der Waals surface area contributed by atoms with Crippen molar-refractivity contribution in [2.45, 2.75) is 58.9 Å². The second kappa shape index (κ2) is 7.81. The molecule has 1 fully saturated rings. The number of nitrogens with two attached hydrogens (primary N) is 1. The highest BCUT2D eigenvalue weighted by Gasteiger charge is 2.35. The molecule has 0 amide bonds. The van der Waals surface area contributed by atoms with Crippen LogP contribution in [0.5, 0.6) is 0 Å². The minimum atomic E-state index is -0.705. The van der Waals surface area contributed by atoms with Gasteiger partial charge in [-0.3, -0.25) is 4.79 Å². The largest absolute Gasteiger partial charge is 0.466 e. The molecule has 0 saturated heterocycles. The smallest absolute Gasteiger partial charge is 0.307 e. The van der Waals surface area contributed by atoms with Crippen molar-refractivity contribution in [1.82, 2.24) is 0 Å². The molecule has 0 spiro atoms. The van der Waals surface area contributed by atoms with Crippen molar-refractivity contribution in [2.75, 3.05) is 6.61 Å². The molecule has 1 aliphatic carbocycles. The molecule has 3 rings (SSSR count). The van der Waals surface area contributed by atoms with Crippen LogP contribution < -0.4 is 5.73 Å². The highest BCUT2D eigenvalue weighted by atomic mass is 19.1. The number of carbonyl (C=O) groups excluding carboxylic acids is 1. The number of carbonyl (C=O) groups is 1. The molecule has 1 saturated carbocycles. The van der Waals surface area contributed by atoms with E-state index in [9.17, 15) is 4.79 Å². The van der Waals surface area contributed by atoms with Crippen molar-refractivity contribution in [3.8, 4) is 11.1 Å². The predicted octanol–water partition coefficient (Wildman–Crippen LogP) is 5.25. The van der Waals surface area contributed by atoms with Gasteiger partial charge < -0.3 is 10.5 Å². The molecule has 1 atom stereocenters. The van der Waals surface area contributed by atoms with Gasteiger partial charge in [-0.05, 0) is 74.3 Å². The van der Waals surface area contributed by atoms with Crippen molar-refractivity contribution in [2.24, 2.45) is 5.73 Å². The standard InChI is InChI=1S/C23H28FNO2/c1-5-27-19(26)12-18(25)22-21(17-10-11-17)20(14(3)15(4)23(22)24)16-8-6-13(2)7-9-16/h6-9,17-18H,5,10-12,25H2,1-4H3. The number of benzene rings is 2. The van der Waals surface area contributed by atoms with E-state index in [1.165, 1.54) is 5.56 Å². The van der Waals surface area contributed by atoms with E-state index in [0.29, 0.717) is 23.7 Å². The Hall–Kier alpha value is -2.20. The van der Waals surface area contributed by atoms with Gasteiger partial charge in [-0.1, -0.05) is 29.8 Å². The number of ether oxygens (including phenoxy) is 1. The third kappa shape index (κ3) is 3.91. The Morgan fingerprint density at radius 1 is 1.19 bits per heavy atom. The minimum Gasteiger partial charge on any atom is -0.466 e. The highest BCUT2D eigenvalue weighted by Crippen LogP contribution is 2.50. The molecular formula is C23H28FNO2. The van der Waals surface area contributed by atoms with Gasteiger partial charge in [0.15, 0.2) is 0 Å². The van der Waals surface area contributed by atoms with Gasteiger partial charge in [0.2, 0.25) is 0 Å². The van der Waals surface area contributed by atoms with Crippen LogP contribution in [0.15, 0.2) is 24.3 Å². The molecule has 1 unspecified atom stereocenters. The molecule has 0 aromatic heterocycles. The average molecular weight is 369 g/mol. The minimum absolute atomic E-state index is 0.0136. The predicted molar refractivity (Wildman–Crippen MR) is 106 cm³/mol. The average Bonchev–Trinajstić information content (AvgIpc) is 3.45. The molecule has 4 heteroatoms. The summed E-state index contributed by atoms with van der Waals surface area (Å²) in [5.74, 6) is -0.360. The van der Waals surface area contributed by atoms with Crippen LogP contribution in [0.1, 0.15) is 66.0 Å². The van der Waals surface area contributed by atoms with E-state index in [2.05, 4.69) is 31.2 Å². The number of halogens is 1. The summed E-state index contributed by atoms with van der Waals surface area (Å²) in [5, 5.41) is 0. The van der Waals surface area contributed by atoms with E-state index in [1.54, 1.807) is 13.8 Å². The Balaban J connectivity index is 2.18. The molecule has 3 nitrogen and oxygen atoms in total. The molecule has 0 radical (unpaired) electrons. The van der Waals surface area contributed by atoms with Gasteiger partial charge in [0.1, 0.15) is 5.82 Å². The molecule has 144 valence electrons. The quantitative estimate of drug-likeness (QED) is 0.708. The van der Waals surface area contributed by atoms with Crippen LogP contribution in [0.3, 0.4) is 0 Å². The lowest BCUT2D eigenvalue weighted by molar-refractivity contribution is -0.143. The Morgan fingerprint density at radius 3 is 2.37 bits per heavy atom. The van der Waals surface area contributed by atoms with Crippen molar-refractivity contribution in [3.63, 3.8) is 0 Å². The summed E-state index contributed by atoms with van der Waals surface area (Å²) < 4.78 is 20.4. The molecular weight excluding hydrogens is 341 g/mol. The summed E-state index contributed by atoms with van der Waals surface area (Å²) >= 11 is 0. The maximum atomic E-state index is 15.3. The van der Waals surface area contributed by atoms with Gasteiger partial charge in [0, 0.05) is 11.6 Å². The maximum Gasteiger partial charge on any atom is 0.307 e. The van der Waals surface area contributed by atoms with Crippen LogP contribution >= 0.6 is 0 Å². The molecule has 2 N–H and O–H groups in total. The van der Waals surface area contributed by atoms with Gasteiger partial charge in [0.05, 0.1) is 13.0 Å². The maximum absolute atomic E-state index is 15.3. The Labute approximate surface area is 160 Å². The van der Waals surface area contributed by atoms with Crippen LogP contribution in [0.2, 0.25) is 0 Å². The summed E-state index contributed by atoms with van der Waals surface area (Å²) in [6, 6.07) is 7.61. The Bertz CT molecular complexity index is 854. The first-order chi connectivity index (χ1) is 12.8. The van der Waals surface area contributed by atoms with Crippen LogP contribution in [0.4, 0.5) is 4.39 Å². The fourth-order valence-electron chi connectivity index (χ4n) is 3.76. The third-order valence-corrected chi connectivity index (χ3v) is 5.45. The van der Waals surface area contributed by atoms with E-state index in [4.69, 9.17) is 10.5 Å². The van der Waals surface area contributed by atoms with Gasteiger partial charge in [0.25, 0.3) is 0 Å². The van der Waals surface area contributed by atoms with E-state index >= 15 is 4.39 Å². The lowest BCUT2D eigenvalue weighted by atomic mass is 9.83. The summed E-state index contributed by atoms with van der Waals surface area (Å²) in [7, 11) is 0. The first-order valence-electron chi connectivity index (χ1n) is 9.65. The number of esters is 1. The van der Waals surface area contributed by atoms with Gasteiger partial charge in [-0.25, -0.2) is 4.39 Å². The zero-order chi connectivity index (χ0) is 19.7. The van der Waals surface area contributed by atoms with Crippen molar-refractivity contribution < 1.29 is 13.9 Å². The summed E-state index contributed by atoms with van der Waals surface area (Å²) in [6.07, 6.45) is 2.04. The number of rotatable bonds is 6. The van der Waals surface area contributed by atoms with E-state index < -0.39 is 6.04 Å². The van der Waals surface area contributed by atoms with Crippen LogP contribution in [0.25, 0.3) is 11.1 Å². The molecule has 0 bridgehead atoms. The molecule has 2 aromatic carbocycles. The van der Waals surface area contributed by atoms with Gasteiger partial charge >= 0.3 is 5.97 Å². The fourth-order valence-corrected chi connectivity index (χ4v) is 3.76. The monoisotopic (exact) mass is 369 g/mol. The highest BCUT2D eigenvalue weighted by molar-refractivity contribution is 5.77. The summed E-state index contributed by atoms with van der Waals surface area (Å²) in [5.41, 5.74) is 12.7. The SMILES string of the molecule is CCOC(=O)CC(N)c1c(F)c(C)c(C)c(-c2ccc(C)cc2)c1C1CC1. The van der Waals surface area contributed by atoms with Crippen molar-refractivity contribution in [1.29, 1.82) is 0 Å². The molecule has 1 aliphatic rings.